The molecule has 0 amide bonds. The van der Waals surface area contributed by atoms with Crippen molar-refractivity contribution in [1.82, 2.24) is 0 Å². The van der Waals surface area contributed by atoms with Gasteiger partial charge < -0.3 is 25.2 Å². The number of rotatable bonds is 46. The zero-order chi connectivity index (χ0) is 47.0. The number of phosphoric acid groups is 1. The van der Waals surface area contributed by atoms with E-state index in [0.29, 0.717) is 19.3 Å². The molecule has 4 N–H and O–H groups in total. The zero-order valence-electron chi connectivity index (χ0n) is 40.1. The molecule has 0 bridgehead atoms. The van der Waals surface area contributed by atoms with Crippen LogP contribution in [-0.4, -0.2) is 59.9 Å². The first-order valence-electron chi connectivity index (χ1n) is 25.0. The van der Waals surface area contributed by atoms with E-state index in [1.807, 2.05) is 6.08 Å². The second-order valence-corrected chi connectivity index (χ2v) is 18.0. The van der Waals surface area contributed by atoms with Gasteiger partial charge in [0, 0.05) is 12.8 Å². The van der Waals surface area contributed by atoms with Crippen LogP contribution in [0, 0.1) is 0 Å². The van der Waals surface area contributed by atoms with Crippen LogP contribution < -0.4 is 5.73 Å². The van der Waals surface area contributed by atoms with Gasteiger partial charge in [0.1, 0.15) is 12.6 Å². The molecule has 0 aromatic rings. The Bertz CT molecular complexity index is 1360. The van der Waals surface area contributed by atoms with E-state index >= 15 is 0 Å². The lowest BCUT2D eigenvalue weighted by Crippen LogP contribution is -2.34. The van der Waals surface area contributed by atoms with E-state index in [4.69, 9.17) is 24.8 Å². The average molecular weight is 920 g/mol. The highest BCUT2D eigenvalue weighted by molar-refractivity contribution is 7.47. The van der Waals surface area contributed by atoms with Crippen molar-refractivity contribution in [2.45, 2.75) is 219 Å². The molecule has 0 heterocycles. The fourth-order valence-corrected chi connectivity index (χ4v) is 7.27. The Labute approximate surface area is 389 Å². The van der Waals surface area contributed by atoms with Gasteiger partial charge in [-0.1, -0.05) is 183 Å². The quantitative estimate of drug-likeness (QED) is 0.0230. The van der Waals surface area contributed by atoms with Gasteiger partial charge in [0.15, 0.2) is 6.10 Å². The van der Waals surface area contributed by atoms with E-state index < -0.39 is 51.1 Å². The normalized spacial score (nSPS) is 14.2. The number of ether oxygens (including phenoxy) is 2. The summed E-state index contributed by atoms with van der Waals surface area (Å²) in [5.74, 6) is -2.48. The van der Waals surface area contributed by atoms with Crippen LogP contribution in [0.5, 0.6) is 0 Å². The molecule has 0 aliphatic rings. The van der Waals surface area contributed by atoms with E-state index in [1.165, 1.54) is 96.3 Å². The average Bonchev–Trinajstić information content (AvgIpc) is 3.27. The molecule has 0 saturated carbocycles. The molecule has 0 rings (SSSR count). The number of hydrogen-bond acceptors (Lipinski definition) is 9. The number of carbonyl (C=O) groups excluding carboxylic acids is 2. The highest BCUT2D eigenvalue weighted by atomic mass is 31.2. The van der Waals surface area contributed by atoms with Gasteiger partial charge in [-0.25, -0.2) is 4.57 Å². The Morgan fingerprint density at radius 3 is 1.41 bits per heavy atom. The molecule has 0 saturated heterocycles. The number of carboxylic acids is 1. The Kier molecular flexibility index (Phi) is 44.2. The van der Waals surface area contributed by atoms with Gasteiger partial charge in [-0.15, -0.1) is 0 Å². The van der Waals surface area contributed by atoms with Crippen LogP contribution in [0.25, 0.3) is 0 Å². The summed E-state index contributed by atoms with van der Waals surface area (Å²) in [6.45, 7) is 2.68. The van der Waals surface area contributed by atoms with Crippen LogP contribution in [0.3, 0.4) is 0 Å². The highest BCUT2D eigenvalue weighted by Crippen LogP contribution is 2.43. The number of aliphatic carboxylic acids is 1. The first-order valence-corrected chi connectivity index (χ1v) is 26.5. The van der Waals surface area contributed by atoms with Gasteiger partial charge in [-0.05, 0) is 83.5 Å². The third-order valence-electron chi connectivity index (χ3n) is 10.4. The standard InChI is InChI=1S/C52H90NO10P/c1-3-5-7-9-11-13-15-17-19-21-22-23-24-25-26-28-30-32-34-36-38-40-42-44-51(55)63-48(46-61-64(58,59)62-47-49(53)52(56)57)45-60-50(54)43-41-39-37-35-33-31-29-27-20-18-16-14-12-10-8-6-4-2/h8,10,14,16,20,27-28,30-31,33,36,38,48-49H,3-7,9,11-13,15,17-19,21-26,29,32,34-35,37,39-47,53H2,1-2H3,(H,56,57)(H,58,59)/b10-8+,16-14+,27-20+,30-28+,33-31+,38-36+/t48-,49-/m0/s1. The molecule has 0 aliphatic heterocycles. The van der Waals surface area contributed by atoms with Gasteiger partial charge in [-0.2, -0.15) is 0 Å². The predicted molar refractivity (Wildman–Crippen MR) is 263 cm³/mol. The molecule has 0 aromatic carbocycles. The lowest BCUT2D eigenvalue weighted by Gasteiger charge is -2.20. The Morgan fingerprint density at radius 2 is 0.891 bits per heavy atom. The largest absolute Gasteiger partial charge is 0.480 e. The fourth-order valence-electron chi connectivity index (χ4n) is 6.49. The van der Waals surface area contributed by atoms with Crippen LogP contribution in [0.2, 0.25) is 0 Å². The van der Waals surface area contributed by atoms with Crippen molar-refractivity contribution in [3.05, 3.63) is 72.9 Å². The van der Waals surface area contributed by atoms with Crippen LogP contribution in [-0.2, 0) is 37.5 Å². The van der Waals surface area contributed by atoms with Crippen molar-refractivity contribution in [2.75, 3.05) is 19.8 Å². The number of carboxylic acid groups (broad SMARTS) is 1. The SMILES string of the molecule is CCC/C=C/C/C=C/C/C=C/C/C=C/CCCCCC(=O)OC[C@@H](COP(=O)(O)OC[C@H](N)C(=O)O)OC(=O)CCC/C=C/CC/C=C/CCCCCCCCCCCCCCCC. The number of hydrogen-bond donors (Lipinski definition) is 3. The van der Waals surface area contributed by atoms with Gasteiger partial charge in [-0.3, -0.25) is 23.4 Å². The lowest BCUT2D eigenvalue weighted by atomic mass is 10.0. The van der Waals surface area contributed by atoms with E-state index in [0.717, 1.165) is 64.2 Å². The number of allylic oxidation sites excluding steroid dienone is 12. The molecule has 0 aliphatic carbocycles. The molecule has 368 valence electrons. The summed E-state index contributed by atoms with van der Waals surface area (Å²) >= 11 is 0. The smallest absolute Gasteiger partial charge is 0.472 e. The summed E-state index contributed by atoms with van der Waals surface area (Å²) in [6, 6.07) is -1.54. The molecule has 3 atom stereocenters. The van der Waals surface area contributed by atoms with Crippen LogP contribution in [0.1, 0.15) is 206 Å². The fraction of sp³-hybridized carbons (Fsp3) is 0.712. The number of carbonyl (C=O) groups is 3. The third-order valence-corrected chi connectivity index (χ3v) is 11.3. The maximum atomic E-state index is 12.7. The minimum atomic E-state index is -4.74. The minimum absolute atomic E-state index is 0.0912. The third kappa shape index (κ3) is 45.5. The van der Waals surface area contributed by atoms with Gasteiger partial charge in [0.25, 0.3) is 0 Å². The van der Waals surface area contributed by atoms with E-state index in [-0.39, 0.29) is 19.4 Å². The van der Waals surface area contributed by atoms with Crippen molar-refractivity contribution in [2.24, 2.45) is 5.73 Å². The highest BCUT2D eigenvalue weighted by Gasteiger charge is 2.28. The molecular formula is C52H90NO10P. The van der Waals surface area contributed by atoms with Gasteiger partial charge in [0.05, 0.1) is 13.2 Å². The molecule has 0 radical (unpaired) electrons. The summed E-state index contributed by atoms with van der Waals surface area (Å²) in [4.78, 5) is 46.1. The van der Waals surface area contributed by atoms with Gasteiger partial charge in [0.2, 0.25) is 0 Å². The Morgan fingerprint density at radius 1 is 0.484 bits per heavy atom. The summed E-state index contributed by atoms with van der Waals surface area (Å²) in [6.07, 6.45) is 57.0. The minimum Gasteiger partial charge on any atom is -0.480 e. The number of unbranched alkanes of at least 4 members (excludes halogenated alkanes) is 20. The summed E-state index contributed by atoms with van der Waals surface area (Å²) in [5, 5.41) is 8.91. The number of esters is 2. The molecule has 11 nitrogen and oxygen atoms in total. The van der Waals surface area contributed by atoms with Gasteiger partial charge >= 0.3 is 25.7 Å². The van der Waals surface area contributed by atoms with E-state index in [9.17, 15) is 23.8 Å². The second kappa shape index (κ2) is 46.4. The lowest BCUT2D eigenvalue weighted by molar-refractivity contribution is -0.161. The molecular weight excluding hydrogens is 830 g/mol. The van der Waals surface area contributed by atoms with Crippen LogP contribution in [0.4, 0.5) is 0 Å². The van der Waals surface area contributed by atoms with Crippen molar-refractivity contribution < 1.29 is 47.5 Å². The number of nitrogens with two attached hydrogens (primary N) is 1. The summed E-state index contributed by atoms with van der Waals surface area (Å²) in [7, 11) is -4.74. The molecule has 0 aromatic heterocycles. The van der Waals surface area contributed by atoms with Crippen LogP contribution >= 0.6 is 7.82 Å². The van der Waals surface area contributed by atoms with E-state index in [1.54, 1.807) is 0 Å². The van der Waals surface area contributed by atoms with Crippen LogP contribution in [0.15, 0.2) is 72.9 Å². The van der Waals surface area contributed by atoms with Crippen molar-refractivity contribution in [1.29, 1.82) is 0 Å². The Hall–Kier alpha value is -3.08. The van der Waals surface area contributed by atoms with E-state index in [2.05, 4.69) is 85.2 Å². The first kappa shape index (κ1) is 60.9. The maximum Gasteiger partial charge on any atom is 0.472 e. The molecule has 0 spiro atoms. The topological polar surface area (TPSA) is 172 Å². The van der Waals surface area contributed by atoms with Crippen molar-refractivity contribution in [3.8, 4) is 0 Å². The first-order chi connectivity index (χ1) is 31.1. The summed E-state index contributed by atoms with van der Waals surface area (Å²) < 4.78 is 32.7. The molecule has 1 unspecified atom stereocenters. The molecule has 64 heavy (non-hydrogen) atoms. The second-order valence-electron chi connectivity index (χ2n) is 16.6. The number of phosphoric ester groups is 1. The predicted octanol–water partition coefficient (Wildman–Crippen LogP) is 14.1. The summed E-state index contributed by atoms with van der Waals surface area (Å²) in [5.41, 5.74) is 5.34. The van der Waals surface area contributed by atoms with Crippen molar-refractivity contribution in [3.63, 3.8) is 0 Å². The maximum absolute atomic E-state index is 12.7. The monoisotopic (exact) mass is 920 g/mol. The van der Waals surface area contributed by atoms with Crippen molar-refractivity contribution >= 4 is 25.7 Å². The zero-order valence-corrected chi connectivity index (χ0v) is 41.0. The molecule has 0 fully saturated rings. The molecule has 12 heteroatoms. The Balaban J connectivity index is 4.37.